The molecule has 0 spiro atoms. The van der Waals surface area contributed by atoms with Gasteiger partial charge in [-0.25, -0.2) is 0 Å². The molecule has 0 saturated heterocycles. The molecule has 0 aromatic carbocycles. The van der Waals surface area contributed by atoms with Crippen LogP contribution >= 0.6 is 15.9 Å². The molecular formula is C22H37BrO3. The van der Waals surface area contributed by atoms with Crippen molar-refractivity contribution in [2.24, 2.45) is 17.8 Å². The summed E-state index contributed by atoms with van der Waals surface area (Å²) in [6, 6.07) is 0. The zero-order valence-electron chi connectivity index (χ0n) is 16.7. The summed E-state index contributed by atoms with van der Waals surface area (Å²) in [7, 11) is 0. The maximum Gasteiger partial charge on any atom is 0.322 e. The molecule has 2 aliphatic rings. The first-order chi connectivity index (χ1) is 12.5. The number of allylic oxidation sites excluding steroid dienone is 2. The van der Waals surface area contributed by atoms with Gasteiger partial charge in [0.05, 0.1) is 6.61 Å². The van der Waals surface area contributed by atoms with E-state index in [9.17, 15) is 4.79 Å². The predicted octanol–water partition coefficient (Wildman–Crippen LogP) is 6.05. The number of halogens is 1. The standard InChI is InChI=1S/C22H37BrO3/c1-22(2,23)21(24)26-14-10-8-6-4-3-5-7-9-13-25-17-20-16-18-11-12-19(20)15-18/h11-12,18-20H,3-10,13-17H2,1-2H3/t18-,19+,20?/m1/s1. The number of fused-ring (bicyclic) bond motifs is 2. The lowest BCUT2D eigenvalue weighted by Gasteiger charge is -2.17. The summed E-state index contributed by atoms with van der Waals surface area (Å²) in [5.41, 5.74) is 0. The fraction of sp³-hybridized carbons (Fsp3) is 0.864. The monoisotopic (exact) mass is 428 g/mol. The SMILES string of the molecule is CC(C)(Br)C(=O)OCCCCCCCCCCOCC1C[C@@H]2C=C[C@H]1C2. The van der Waals surface area contributed by atoms with Gasteiger partial charge in [-0.15, -0.1) is 0 Å². The van der Waals surface area contributed by atoms with Crippen molar-refractivity contribution in [2.45, 2.75) is 82.4 Å². The van der Waals surface area contributed by atoms with Crippen LogP contribution < -0.4 is 0 Å². The molecule has 0 aromatic rings. The highest BCUT2D eigenvalue weighted by molar-refractivity contribution is 9.10. The Morgan fingerprint density at radius 1 is 0.962 bits per heavy atom. The number of esters is 1. The zero-order valence-corrected chi connectivity index (χ0v) is 18.3. The zero-order chi connectivity index (χ0) is 18.8. The van der Waals surface area contributed by atoms with Gasteiger partial charge in [-0.3, -0.25) is 4.79 Å². The number of unbranched alkanes of at least 4 members (excludes halogenated alkanes) is 7. The number of carbonyl (C=O) groups is 1. The molecule has 1 fully saturated rings. The van der Waals surface area contributed by atoms with E-state index < -0.39 is 4.32 Å². The number of hydrogen-bond acceptors (Lipinski definition) is 3. The maximum atomic E-state index is 11.6. The van der Waals surface area contributed by atoms with Crippen molar-refractivity contribution in [3.8, 4) is 0 Å². The molecule has 2 bridgehead atoms. The number of carbonyl (C=O) groups excluding carboxylic acids is 1. The van der Waals surface area contributed by atoms with Crippen molar-refractivity contribution in [3.05, 3.63) is 12.2 Å². The first kappa shape index (κ1) is 21.9. The minimum absolute atomic E-state index is 0.170. The topological polar surface area (TPSA) is 35.5 Å². The van der Waals surface area contributed by atoms with Gasteiger partial charge in [0.25, 0.3) is 0 Å². The van der Waals surface area contributed by atoms with Gasteiger partial charge in [-0.05, 0) is 57.3 Å². The summed E-state index contributed by atoms with van der Waals surface area (Å²) in [5.74, 6) is 2.30. The Morgan fingerprint density at radius 3 is 2.12 bits per heavy atom. The molecule has 3 atom stereocenters. The lowest BCUT2D eigenvalue weighted by atomic mass is 9.95. The fourth-order valence-corrected chi connectivity index (χ4v) is 4.14. The predicted molar refractivity (Wildman–Crippen MR) is 111 cm³/mol. The molecule has 0 amide bonds. The number of rotatable bonds is 14. The van der Waals surface area contributed by atoms with Crippen molar-refractivity contribution in [3.63, 3.8) is 0 Å². The summed E-state index contributed by atoms with van der Waals surface area (Å²) in [5, 5.41) is 0. The summed E-state index contributed by atoms with van der Waals surface area (Å²) in [6.07, 6.45) is 17.3. The molecule has 150 valence electrons. The second-order valence-corrected chi connectivity index (χ2v) is 10.5. The van der Waals surface area contributed by atoms with E-state index in [1.165, 1.54) is 51.4 Å². The quantitative estimate of drug-likeness (QED) is 0.146. The van der Waals surface area contributed by atoms with Gasteiger partial charge in [0, 0.05) is 13.2 Å². The fourth-order valence-electron chi connectivity index (χ4n) is 4.02. The first-order valence-corrected chi connectivity index (χ1v) is 11.4. The van der Waals surface area contributed by atoms with Crippen molar-refractivity contribution in [1.82, 2.24) is 0 Å². The van der Waals surface area contributed by atoms with Crippen LogP contribution in [0.4, 0.5) is 0 Å². The largest absolute Gasteiger partial charge is 0.465 e. The molecule has 2 aliphatic carbocycles. The lowest BCUT2D eigenvalue weighted by molar-refractivity contribution is -0.145. The molecule has 4 heteroatoms. The molecule has 0 radical (unpaired) electrons. The Morgan fingerprint density at radius 2 is 1.58 bits per heavy atom. The minimum Gasteiger partial charge on any atom is -0.465 e. The minimum atomic E-state index is -0.565. The molecule has 3 nitrogen and oxygen atoms in total. The van der Waals surface area contributed by atoms with Gasteiger partial charge < -0.3 is 9.47 Å². The van der Waals surface area contributed by atoms with Gasteiger partial charge in [0.15, 0.2) is 0 Å². The van der Waals surface area contributed by atoms with Crippen LogP contribution in [0.3, 0.4) is 0 Å². The molecule has 2 rings (SSSR count). The maximum absolute atomic E-state index is 11.6. The first-order valence-electron chi connectivity index (χ1n) is 10.6. The summed E-state index contributed by atoms with van der Waals surface area (Å²) in [4.78, 5) is 11.6. The summed E-state index contributed by atoms with van der Waals surface area (Å²) >= 11 is 3.32. The summed E-state index contributed by atoms with van der Waals surface area (Å²) in [6.45, 7) is 6.09. The van der Waals surface area contributed by atoms with E-state index in [2.05, 4.69) is 28.1 Å². The summed E-state index contributed by atoms with van der Waals surface area (Å²) < 4.78 is 10.6. The van der Waals surface area contributed by atoms with E-state index >= 15 is 0 Å². The van der Waals surface area contributed by atoms with Gasteiger partial charge in [-0.1, -0.05) is 66.6 Å². The molecule has 26 heavy (non-hydrogen) atoms. The molecule has 0 aromatic heterocycles. The van der Waals surface area contributed by atoms with E-state index in [1.54, 1.807) is 0 Å². The third-order valence-corrected chi connectivity index (χ3v) is 5.97. The second-order valence-electron chi connectivity index (χ2n) is 8.55. The van der Waals surface area contributed by atoms with Crippen LogP contribution in [0.15, 0.2) is 12.2 Å². The highest BCUT2D eigenvalue weighted by Gasteiger charge is 2.35. The van der Waals surface area contributed by atoms with Crippen LogP contribution in [0.5, 0.6) is 0 Å². The Bertz CT molecular complexity index is 441. The Labute approximate surface area is 168 Å². The van der Waals surface area contributed by atoms with Crippen LogP contribution in [0.2, 0.25) is 0 Å². The second kappa shape index (κ2) is 11.5. The van der Waals surface area contributed by atoms with Gasteiger partial charge in [-0.2, -0.15) is 0 Å². The van der Waals surface area contributed by atoms with Crippen LogP contribution in [0.1, 0.15) is 78.1 Å². The number of ether oxygens (including phenoxy) is 2. The van der Waals surface area contributed by atoms with Crippen molar-refractivity contribution < 1.29 is 14.3 Å². The Hall–Kier alpha value is -0.350. The van der Waals surface area contributed by atoms with Crippen LogP contribution in [0.25, 0.3) is 0 Å². The molecule has 1 unspecified atom stereocenters. The van der Waals surface area contributed by atoms with Gasteiger partial charge in [0.1, 0.15) is 4.32 Å². The molecule has 0 heterocycles. The third kappa shape index (κ3) is 8.12. The number of alkyl halides is 1. The van der Waals surface area contributed by atoms with Crippen LogP contribution in [-0.4, -0.2) is 30.1 Å². The molecular weight excluding hydrogens is 392 g/mol. The molecule has 0 aliphatic heterocycles. The normalized spacial score (nSPS) is 24.3. The van der Waals surface area contributed by atoms with E-state index in [-0.39, 0.29) is 5.97 Å². The highest BCUT2D eigenvalue weighted by Crippen LogP contribution is 2.43. The average Bonchev–Trinajstić information content (AvgIpc) is 3.21. The number of hydrogen-bond donors (Lipinski definition) is 0. The van der Waals surface area contributed by atoms with Gasteiger partial charge in [0.2, 0.25) is 0 Å². The molecule has 0 N–H and O–H groups in total. The highest BCUT2D eigenvalue weighted by atomic mass is 79.9. The van der Waals surface area contributed by atoms with E-state index in [4.69, 9.17) is 9.47 Å². The Balaban J connectivity index is 1.28. The van der Waals surface area contributed by atoms with E-state index in [1.807, 2.05) is 13.8 Å². The van der Waals surface area contributed by atoms with Crippen LogP contribution in [-0.2, 0) is 14.3 Å². The third-order valence-electron chi connectivity index (χ3n) is 5.65. The van der Waals surface area contributed by atoms with Crippen molar-refractivity contribution in [2.75, 3.05) is 19.8 Å². The van der Waals surface area contributed by atoms with Gasteiger partial charge >= 0.3 is 5.97 Å². The van der Waals surface area contributed by atoms with E-state index in [0.717, 1.165) is 43.8 Å². The molecule has 1 saturated carbocycles. The van der Waals surface area contributed by atoms with Crippen molar-refractivity contribution in [1.29, 1.82) is 0 Å². The van der Waals surface area contributed by atoms with Crippen molar-refractivity contribution >= 4 is 21.9 Å². The Kier molecular flexibility index (Phi) is 9.69. The lowest BCUT2D eigenvalue weighted by Crippen LogP contribution is -2.26. The smallest absolute Gasteiger partial charge is 0.322 e. The van der Waals surface area contributed by atoms with E-state index in [0.29, 0.717) is 6.61 Å². The average molecular weight is 429 g/mol. The van der Waals surface area contributed by atoms with Crippen LogP contribution in [0, 0.1) is 17.8 Å².